The lowest BCUT2D eigenvalue weighted by atomic mass is 9.99. The van der Waals surface area contributed by atoms with Gasteiger partial charge in [-0.15, -0.1) is 0 Å². The van der Waals surface area contributed by atoms with Gasteiger partial charge in [-0.3, -0.25) is 10.1 Å². The number of carbonyl (C=O) groups excluding carboxylic acids is 1. The SMILES string of the molecule is CCC1(C)NC(C2CCCC2)N(C2CCOC2)C1=O. The van der Waals surface area contributed by atoms with Crippen molar-refractivity contribution in [3.63, 3.8) is 0 Å². The van der Waals surface area contributed by atoms with Crippen molar-refractivity contribution in [2.75, 3.05) is 13.2 Å². The van der Waals surface area contributed by atoms with Crippen molar-refractivity contribution in [3.8, 4) is 0 Å². The van der Waals surface area contributed by atoms with Crippen molar-refractivity contribution in [1.29, 1.82) is 0 Å². The molecule has 0 radical (unpaired) electrons. The highest BCUT2D eigenvalue weighted by atomic mass is 16.5. The second-order valence-corrected chi connectivity index (χ2v) is 6.55. The quantitative estimate of drug-likeness (QED) is 0.848. The van der Waals surface area contributed by atoms with Crippen LogP contribution in [0.5, 0.6) is 0 Å². The molecule has 19 heavy (non-hydrogen) atoms. The van der Waals surface area contributed by atoms with Crippen molar-refractivity contribution in [2.45, 2.75) is 70.1 Å². The van der Waals surface area contributed by atoms with Gasteiger partial charge < -0.3 is 9.64 Å². The fraction of sp³-hybridized carbons (Fsp3) is 0.933. The van der Waals surface area contributed by atoms with Crippen LogP contribution < -0.4 is 5.32 Å². The first-order valence-electron chi connectivity index (χ1n) is 7.84. The number of nitrogens with one attached hydrogen (secondary N) is 1. The van der Waals surface area contributed by atoms with Gasteiger partial charge in [0.25, 0.3) is 0 Å². The zero-order chi connectivity index (χ0) is 13.5. The van der Waals surface area contributed by atoms with E-state index in [0.717, 1.165) is 26.1 Å². The van der Waals surface area contributed by atoms with Crippen LogP contribution in [0, 0.1) is 5.92 Å². The highest BCUT2D eigenvalue weighted by molar-refractivity contribution is 5.88. The average Bonchev–Trinajstić information content (AvgIpc) is 3.12. The molecule has 4 nitrogen and oxygen atoms in total. The summed E-state index contributed by atoms with van der Waals surface area (Å²) in [6.45, 7) is 5.68. The van der Waals surface area contributed by atoms with E-state index in [1.54, 1.807) is 0 Å². The van der Waals surface area contributed by atoms with Crippen molar-refractivity contribution in [1.82, 2.24) is 10.2 Å². The van der Waals surface area contributed by atoms with Gasteiger partial charge in [-0.05, 0) is 38.5 Å². The smallest absolute Gasteiger partial charge is 0.244 e. The van der Waals surface area contributed by atoms with Crippen LogP contribution in [-0.4, -0.2) is 41.8 Å². The Morgan fingerprint density at radius 1 is 1.37 bits per heavy atom. The molecule has 1 N–H and O–H groups in total. The standard InChI is InChI=1S/C15H26N2O2/c1-3-15(2)14(18)17(12-8-9-19-10-12)13(16-15)11-6-4-5-7-11/h11-13,16H,3-10H2,1-2H3. The monoisotopic (exact) mass is 266 g/mol. The van der Waals surface area contributed by atoms with E-state index >= 15 is 0 Å². The lowest BCUT2D eigenvalue weighted by Gasteiger charge is -2.33. The summed E-state index contributed by atoms with van der Waals surface area (Å²) in [6, 6.07) is 0.291. The summed E-state index contributed by atoms with van der Waals surface area (Å²) in [6.07, 6.45) is 7.25. The Morgan fingerprint density at radius 3 is 2.68 bits per heavy atom. The molecule has 2 saturated heterocycles. The van der Waals surface area contributed by atoms with Gasteiger partial charge in [-0.1, -0.05) is 19.8 Å². The van der Waals surface area contributed by atoms with E-state index in [1.165, 1.54) is 25.7 Å². The normalized spacial score (nSPS) is 40.5. The molecule has 2 aliphatic heterocycles. The second kappa shape index (κ2) is 5.06. The Morgan fingerprint density at radius 2 is 2.11 bits per heavy atom. The second-order valence-electron chi connectivity index (χ2n) is 6.55. The molecular weight excluding hydrogens is 240 g/mol. The summed E-state index contributed by atoms with van der Waals surface area (Å²) in [5, 5.41) is 3.66. The maximum Gasteiger partial charge on any atom is 0.244 e. The van der Waals surface area contributed by atoms with Gasteiger partial charge in [0.15, 0.2) is 0 Å². The molecule has 0 aromatic heterocycles. The molecule has 0 aromatic carbocycles. The molecule has 0 spiro atoms. The number of ether oxygens (including phenoxy) is 1. The van der Waals surface area contributed by atoms with Crippen LogP contribution in [0.2, 0.25) is 0 Å². The number of hydrogen-bond donors (Lipinski definition) is 1. The van der Waals surface area contributed by atoms with Crippen molar-refractivity contribution >= 4 is 5.91 Å². The molecule has 108 valence electrons. The van der Waals surface area contributed by atoms with Crippen LogP contribution in [0.25, 0.3) is 0 Å². The minimum Gasteiger partial charge on any atom is -0.379 e. The van der Waals surface area contributed by atoms with Crippen LogP contribution in [0.4, 0.5) is 0 Å². The van der Waals surface area contributed by atoms with Gasteiger partial charge in [0.05, 0.1) is 24.4 Å². The van der Waals surface area contributed by atoms with E-state index in [4.69, 9.17) is 4.74 Å². The van der Waals surface area contributed by atoms with E-state index in [0.29, 0.717) is 17.9 Å². The molecule has 3 aliphatic rings. The first kappa shape index (κ1) is 13.4. The Bertz CT molecular complexity index is 348. The molecule has 3 unspecified atom stereocenters. The lowest BCUT2D eigenvalue weighted by Crippen LogP contribution is -2.48. The molecule has 3 fully saturated rings. The van der Waals surface area contributed by atoms with Gasteiger partial charge >= 0.3 is 0 Å². The summed E-state index contributed by atoms with van der Waals surface area (Å²) in [5.74, 6) is 0.931. The molecule has 2 heterocycles. The summed E-state index contributed by atoms with van der Waals surface area (Å²) in [4.78, 5) is 15.0. The predicted octanol–water partition coefficient (Wildman–Crippen LogP) is 1.89. The predicted molar refractivity (Wildman–Crippen MR) is 73.6 cm³/mol. The third kappa shape index (κ3) is 2.19. The Balaban J connectivity index is 1.84. The van der Waals surface area contributed by atoms with E-state index in [1.807, 2.05) is 0 Å². The van der Waals surface area contributed by atoms with Crippen molar-refractivity contribution < 1.29 is 9.53 Å². The topological polar surface area (TPSA) is 41.6 Å². The van der Waals surface area contributed by atoms with E-state index in [9.17, 15) is 4.79 Å². The summed E-state index contributed by atoms with van der Waals surface area (Å²) in [5.41, 5.74) is -0.365. The lowest BCUT2D eigenvalue weighted by molar-refractivity contribution is -0.135. The van der Waals surface area contributed by atoms with Crippen LogP contribution in [0.1, 0.15) is 52.4 Å². The number of amides is 1. The van der Waals surface area contributed by atoms with Crippen LogP contribution in [0.15, 0.2) is 0 Å². The van der Waals surface area contributed by atoms with Gasteiger partial charge in [-0.25, -0.2) is 0 Å². The molecule has 0 bridgehead atoms. The fourth-order valence-corrected chi connectivity index (χ4v) is 3.87. The fourth-order valence-electron chi connectivity index (χ4n) is 3.87. The Hall–Kier alpha value is -0.610. The largest absolute Gasteiger partial charge is 0.379 e. The Kier molecular flexibility index (Phi) is 3.56. The minimum atomic E-state index is -0.365. The molecule has 1 saturated carbocycles. The molecular formula is C15H26N2O2. The number of carbonyl (C=O) groups is 1. The number of nitrogens with zero attached hydrogens (tertiary/aromatic N) is 1. The van der Waals surface area contributed by atoms with Crippen molar-refractivity contribution in [3.05, 3.63) is 0 Å². The van der Waals surface area contributed by atoms with E-state index in [-0.39, 0.29) is 11.7 Å². The highest BCUT2D eigenvalue weighted by Crippen LogP contribution is 2.37. The first-order valence-corrected chi connectivity index (χ1v) is 7.84. The maximum atomic E-state index is 12.8. The molecule has 0 aromatic rings. The third-order valence-corrected chi connectivity index (χ3v) is 5.33. The zero-order valence-corrected chi connectivity index (χ0v) is 12.2. The number of hydrogen-bond acceptors (Lipinski definition) is 3. The first-order chi connectivity index (χ1) is 9.15. The van der Waals surface area contributed by atoms with Crippen LogP contribution >= 0.6 is 0 Å². The average molecular weight is 266 g/mol. The third-order valence-electron chi connectivity index (χ3n) is 5.33. The maximum absolute atomic E-state index is 12.8. The summed E-state index contributed by atoms with van der Waals surface area (Å²) >= 11 is 0. The summed E-state index contributed by atoms with van der Waals surface area (Å²) < 4.78 is 5.51. The van der Waals surface area contributed by atoms with Crippen LogP contribution in [-0.2, 0) is 9.53 Å². The molecule has 3 rings (SSSR count). The minimum absolute atomic E-state index is 0.242. The zero-order valence-electron chi connectivity index (χ0n) is 12.2. The van der Waals surface area contributed by atoms with E-state index < -0.39 is 0 Å². The Labute approximate surface area is 115 Å². The summed E-state index contributed by atoms with van der Waals surface area (Å²) in [7, 11) is 0. The van der Waals surface area contributed by atoms with Gasteiger partial charge in [0.2, 0.25) is 5.91 Å². The van der Waals surface area contributed by atoms with Crippen LogP contribution in [0.3, 0.4) is 0 Å². The van der Waals surface area contributed by atoms with Gasteiger partial charge in [0, 0.05) is 6.61 Å². The van der Waals surface area contributed by atoms with Gasteiger partial charge in [-0.2, -0.15) is 0 Å². The highest BCUT2D eigenvalue weighted by Gasteiger charge is 2.52. The number of rotatable bonds is 3. The van der Waals surface area contributed by atoms with Crippen molar-refractivity contribution in [2.24, 2.45) is 5.92 Å². The molecule has 1 aliphatic carbocycles. The molecule has 1 amide bonds. The van der Waals surface area contributed by atoms with E-state index in [2.05, 4.69) is 24.1 Å². The van der Waals surface area contributed by atoms with Gasteiger partial charge in [0.1, 0.15) is 0 Å². The molecule has 4 heteroatoms. The molecule has 3 atom stereocenters.